The number of benzene rings is 1. The predicted octanol–water partition coefficient (Wildman–Crippen LogP) is 4.62. The normalized spacial score (nSPS) is 10.8. The number of aromatic nitrogens is 2. The van der Waals surface area contributed by atoms with Gasteiger partial charge in [0.05, 0.1) is 36.1 Å². The van der Waals surface area contributed by atoms with Crippen molar-refractivity contribution in [1.82, 2.24) is 9.55 Å². The summed E-state index contributed by atoms with van der Waals surface area (Å²) in [5.41, 5.74) is 1.35. The number of hydrogen-bond donors (Lipinski definition) is 2. The standard InChI is InChI=1S/C17H13Cl3N4O2/c1-25-11-5-12(26-2)16(20)14(15(11)19)9-3-8-6-23-13(18)4-10(8)24(7-21)17(9)22/h3-7,21-22H,1-2H3. The van der Waals surface area contributed by atoms with E-state index in [0.717, 1.165) is 6.34 Å². The zero-order valence-electron chi connectivity index (χ0n) is 13.7. The van der Waals surface area contributed by atoms with Crippen molar-refractivity contribution in [2.45, 2.75) is 0 Å². The minimum Gasteiger partial charge on any atom is -0.495 e. The van der Waals surface area contributed by atoms with Crippen molar-refractivity contribution in [1.29, 1.82) is 10.8 Å². The molecule has 6 nitrogen and oxygen atoms in total. The molecule has 0 aliphatic rings. The molecule has 0 bridgehead atoms. The molecule has 0 saturated heterocycles. The molecule has 9 heteroatoms. The van der Waals surface area contributed by atoms with Crippen LogP contribution in [0.4, 0.5) is 0 Å². The minimum absolute atomic E-state index is 0.00822. The molecule has 0 aliphatic heterocycles. The number of rotatable bonds is 4. The third kappa shape index (κ3) is 2.90. The molecule has 3 rings (SSSR count). The van der Waals surface area contributed by atoms with E-state index in [9.17, 15) is 0 Å². The Kier molecular flexibility index (Phi) is 5.09. The molecule has 0 unspecified atom stereocenters. The predicted molar refractivity (Wildman–Crippen MR) is 103 cm³/mol. The van der Waals surface area contributed by atoms with Gasteiger partial charge in [-0.15, -0.1) is 0 Å². The van der Waals surface area contributed by atoms with Crippen molar-refractivity contribution < 1.29 is 9.47 Å². The van der Waals surface area contributed by atoms with E-state index in [1.165, 1.54) is 18.8 Å². The van der Waals surface area contributed by atoms with Gasteiger partial charge in [-0.3, -0.25) is 15.4 Å². The van der Waals surface area contributed by atoms with Crippen LogP contribution in [0.2, 0.25) is 15.2 Å². The highest BCUT2D eigenvalue weighted by atomic mass is 35.5. The molecular formula is C17H13Cl3N4O2. The van der Waals surface area contributed by atoms with Crippen molar-refractivity contribution in [2.24, 2.45) is 0 Å². The van der Waals surface area contributed by atoms with E-state index >= 15 is 0 Å². The summed E-state index contributed by atoms with van der Waals surface area (Å²) in [6, 6.07) is 4.87. The van der Waals surface area contributed by atoms with E-state index in [0.29, 0.717) is 33.5 Å². The first-order chi connectivity index (χ1) is 12.4. The molecule has 0 spiro atoms. The second kappa shape index (κ2) is 7.15. The molecule has 0 saturated carbocycles. The fraction of sp³-hybridized carbons (Fsp3) is 0.118. The van der Waals surface area contributed by atoms with Gasteiger partial charge >= 0.3 is 0 Å². The van der Waals surface area contributed by atoms with Gasteiger partial charge < -0.3 is 9.47 Å². The van der Waals surface area contributed by atoms with Crippen LogP contribution in [-0.4, -0.2) is 30.1 Å². The minimum atomic E-state index is 0.00822. The highest BCUT2D eigenvalue weighted by Gasteiger charge is 2.21. The Morgan fingerprint density at radius 2 is 1.65 bits per heavy atom. The zero-order chi connectivity index (χ0) is 19.0. The molecule has 0 radical (unpaired) electrons. The first-order valence-corrected chi connectivity index (χ1v) is 8.42. The van der Waals surface area contributed by atoms with Gasteiger partial charge in [0.15, 0.2) is 0 Å². The van der Waals surface area contributed by atoms with E-state index in [-0.39, 0.29) is 20.7 Å². The molecule has 1 aromatic carbocycles. The summed E-state index contributed by atoms with van der Waals surface area (Å²) in [6.07, 6.45) is 2.57. The van der Waals surface area contributed by atoms with Crippen LogP contribution in [0.1, 0.15) is 0 Å². The van der Waals surface area contributed by atoms with Crippen LogP contribution >= 0.6 is 34.8 Å². The Bertz CT molecular complexity index is 1070. The summed E-state index contributed by atoms with van der Waals surface area (Å²) in [6.45, 7) is 0. The lowest BCUT2D eigenvalue weighted by atomic mass is 10.0. The summed E-state index contributed by atoms with van der Waals surface area (Å²) < 4.78 is 11.9. The molecule has 0 atom stereocenters. The van der Waals surface area contributed by atoms with Gasteiger partial charge in [0.25, 0.3) is 0 Å². The highest BCUT2D eigenvalue weighted by molar-refractivity contribution is 6.41. The highest BCUT2D eigenvalue weighted by Crippen LogP contribution is 2.45. The lowest BCUT2D eigenvalue weighted by Crippen LogP contribution is -2.22. The second-order valence-electron chi connectivity index (χ2n) is 5.26. The van der Waals surface area contributed by atoms with Crippen LogP contribution in [-0.2, 0) is 0 Å². The number of ether oxygens (including phenoxy) is 2. The van der Waals surface area contributed by atoms with E-state index in [1.807, 2.05) is 0 Å². The number of nitrogens with zero attached hydrogens (tertiary/aromatic N) is 2. The van der Waals surface area contributed by atoms with Crippen molar-refractivity contribution in [3.63, 3.8) is 0 Å². The van der Waals surface area contributed by atoms with Gasteiger partial charge in [-0.05, 0) is 6.07 Å². The number of halogens is 3. The summed E-state index contributed by atoms with van der Waals surface area (Å²) >= 11 is 18.9. The number of hydrogen-bond acceptors (Lipinski definition) is 5. The summed E-state index contributed by atoms with van der Waals surface area (Å²) in [5.74, 6) is 0.719. The summed E-state index contributed by atoms with van der Waals surface area (Å²) in [4.78, 5) is 4.06. The van der Waals surface area contributed by atoms with Gasteiger partial charge in [-0.25, -0.2) is 4.98 Å². The zero-order valence-corrected chi connectivity index (χ0v) is 16.0. The first kappa shape index (κ1) is 18.5. The molecule has 26 heavy (non-hydrogen) atoms. The molecular weight excluding hydrogens is 399 g/mol. The van der Waals surface area contributed by atoms with Crippen molar-refractivity contribution >= 4 is 52.0 Å². The van der Waals surface area contributed by atoms with Crippen LogP contribution < -0.4 is 15.0 Å². The monoisotopic (exact) mass is 410 g/mol. The largest absolute Gasteiger partial charge is 0.495 e. The smallest absolute Gasteiger partial charge is 0.141 e. The van der Waals surface area contributed by atoms with Crippen molar-refractivity contribution in [2.75, 3.05) is 14.2 Å². The number of fused-ring (bicyclic) bond motifs is 1. The Balaban J connectivity index is 2.47. The molecule has 0 amide bonds. The topological polar surface area (TPSA) is 84.0 Å². The maximum Gasteiger partial charge on any atom is 0.141 e. The molecule has 0 fully saturated rings. The van der Waals surface area contributed by atoms with Crippen LogP contribution in [0.15, 0.2) is 24.4 Å². The van der Waals surface area contributed by atoms with Gasteiger partial charge in [0.1, 0.15) is 22.1 Å². The molecule has 0 aliphatic carbocycles. The average Bonchev–Trinajstić information content (AvgIpc) is 2.63. The van der Waals surface area contributed by atoms with Gasteiger partial charge in [0.2, 0.25) is 0 Å². The van der Waals surface area contributed by atoms with Crippen molar-refractivity contribution in [3.8, 4) is 22.6 Å². The maximum absolute atomic E-state index is 8.53. The number of pyridine rings is 2. The van der Waals surface area contributed by atoms with Crippen molar-refractivity contribution in [3.05, 3.63) is 45.1 Å². The summed E-state index contributed by atoms with van der Waals surface area (Å²) in [5, 5.41) is 17.6. The Morgan fingerprint density at radius 1 is 1.04 bits per heavy atom. The Morgan fingerprint density at radius 3 is 2.19 bits per heavy atom. The van der Waals surface area contributed by atoms with E-state index in [4.69, 9.17) is 55.1 Å². The van der Waals surface area contributed by atoms with Crippen LogP contribution in [0.25, 0.3) is 22.0 Å². The fourth-order valence-electron chi connectivity index (χ4n) is 2.67. The quantitative estimate of drug-likeness (QED) is 0.373. The molecule has 134 valence electrons. The van der Waals surface area contributed by atoms with E-state index in [1.54, 1.807) is 24.4 Å². The van der Waals surface area contributed by atoms with E-state index < -0.39 is 0 Å². The molecule has 2 aromatic heterocycles. The molecule has 2 N–H and O–H groups in total. The number of nitrogens with one attached hydrogen (secondary N) is 2. The van der Waals surface area contributed by atoms with Gasteiger partial charge in [-0.2, -0.15) is 0 Å². The first-order valence-electron chi connectivity index (χ1n) is 7.29. The SMILES string of the molecule is COc1cc(OC)c(Cl)c(-c2cc3cnc(Cl)cc3n(C=N)c2=N)c1Cl. The summed E-state index contributed by atoms with van der Waals surface area (Å²) in [7, 11) is 2.95. The van der Waals surface area contributed by atoms with Crippen LogP contribution in [0, 0.1) is 10.8 Å². The lowest BCUT2D eigenvalue weighted by Gasteiger charge is -2.16. The second-order valence-corrected chi connectivity index (χ2v) is 6.40. The number of methoxy groups -OCH3 is 2. The Labute approximate surface area is 163 Å². The fourth-order valence-corrected chi connectivity index (χ4v) is 3.53. The third-order valence-corrected chi connectivity index (χ3v) is 4.86. The molecule has 2 heterocycles. The average molecular weight is 412 g/mol. The Hall–Kier alpha value is -2.28. The maximum atomic E-state index is 8.53. The molecule has 3 aromatic rings. The lowest BCUT2D eigenvalue weighted by molar-refractivity contribution is 0.395. The van der Waals surface area contributed by atoms with Crippen LogP contribution in [0.3, 0.4) is 0 Å². The van der Waals surface area contributed by atoms with E-state index in [2.05, 4.69) is 4.98 Å². The van der Waals surface area contributed by atoms with Gasteiger partial charge in [0, 0.05) is 34.8 Å². The van der Waals surface area contributed by atoms with Crippen LogP contribution in [0.5, 0.6) is 11.5 Å². The third-order valence-electron chi connectivity index (χ3n) is 3.91. The van der Waals surface area contributed by atoms with Gasteiger partial charge in [-0.1, -0.05) is 34.8 Å².